The first kappa shape index (κ1) is 11.9. The van der Waals surface area contributed by atoms with Crippen LogP contribution in [0, 0.1) is 6.92 Å². The van der Waals surface area contributed by atoms with Crippen molar-refractivity contribution in [1.82, 2.24) is 0 Å². The second kappa shape index (κ2) is 4.57. The Labute approximate surface area is 89.5 Å². The third kappa shape index (κ3) is 3.16. The van der Waals surface area contributed by atoms with Gasteiger partial charge in [0, 0.05) is 0 Å². The zero-order valence-corrected chi connectivity index (χ0v) is 9.20. The largest absolute Gasteiger partial charge is 0.302 e. The first-order chi connectivity index (χ1) is 6.95. The molecule has 0 saturated carbocycles. The monoisotopic (exact) mass is 227 g/mol. The highest BCUT2D eigenvalue weighted by atomic mass is 32.2. The van der Waals surface area contributed by atoms with Gasteiger partial charge in [0.05, 0.1) is 4.90 Å². The van der Waals surface area contributed by atoms with E-state index in [0.29, 0.717) is 0 Å². The van der Waals surface area contributed by atoms with Gasteiger partial charge in [-0.2, -0.15) is 8.42 Å². The van der Waals surface area contributed by atoms with Gasteiger partial charge in [-0.25, -0.2) is 4.18 Å². The molecule has 1 atom stereocenters. The van der Waals surface area contributed by atoms with E-state index in [0.717, 1.165) is 5.56 Å². The standard InChI is InChI=1S/C10H13NO3S/c1-3-10(11)14-15(12,13)9-6-4-8(2)5-7-9/h3-7,10H,1,11H2,2H3. The lowest BCUT2D eigenvalue weighted by atomic mass is 10.2. The van der Waals surface area contributed by atoms with E-state index in [-0.39, 0.29) is 4.90 Å². The molecule has 1 rings (SSSR count). The molecule has 0 radical (unpaired) electrons. The fourth-order valence-electron chi connectivity index (χ4n) is 0.946. The Morgan fingerprint density at radius 3 is 2.40 bits per heavy atom. The van der Waals surface area contributed by atoms with Gasteiger partial charge in [0.1, 0.15) is 6.23 Å². The topological polar surface area (TPSA) is 69.4 Å². The summed E-state index contributed by atoms with van der Waals surface area (Å²) in [6.07, 6.45) is 0.197. The van der Waals surface area contributed by atoms with E-state index in [1.165, 1.54) is 18.2 Å². The molecular formula is C10H13NO3S. The summed E-state index contributed by atoms with van der Waals surface area (Å²) in [5.41, 5.74) is 6.28. The maximum absolute atomic E-state index is 11.6. The van der Waals surface area contributed by atoms with E-state index in [9.17, 15) is 8.42 Å². The molecule has 1 aromatic rings. The minimum atomic E-state index is -3.78. The van der Waals surface area contributed by atoms with Crippen LogP contribution in [-0.2, 0) is 14.3 Å². The summed E-state index contributed by atoms with van der Waals surface area (Å²) in [7, 11) is -3.78. The number of aryl methyl sites for hydroxylation is 1. The molecule has 4 nitrogen and oxygen atoms in total. The molecule has 2 N–H and O–H groups in total. The van der Waals surface area contributed by atoms with Crippen molar-refractivity contribution in [2.45, 2.75) is 18.0 Å². The zero-order valence-electron chi connectivity index (χ0n) is 8.38. The molecule has 15 heavy (non-hydrogen) atoms. The molecule has 1 aromatic carbocycles. The average molecular weight is 227 g/mol. The normalized spacial score (nSPS) is 13.5. The summed E-state index contributed by atoms with van der Waals surface area (Å²) in [5.74, 6) is 0. The van der Waals surface area contributed by atoms with Crippen LogP contribution in [0.1, 0.15) is 5.56 Å². The van der Waals surface area contributed by atoms with E-state index in [1.54, 1.807) is 12.1 Å². The molecule has 0 saturated heterocycles. The number of rotatable bonds is 4. The van der Waals surface area contributed by atoms with Crippen molar-refractivity contribution >= 4 is 10.1 Å². The maximum atomic E-state index is 11.6. The summed E-state index contributed by atoms with van der Waals surface area (Å²) < 4.78 is 27.8. The highest BCUT2D eigenvalue weighted by molar-refractivity contribution is 7.86. The van der Waals surface area contributed by atoms with E-state index in [4.69, 9.17) is 5.73 Å². The van der Waals surface area contributed by atoms with E-state index < -0.39 is 16.3 Å². The summed E-state index contributed by atoms with van der Waals surface area (Å²) in [6, 6.07) is 6.33. The predicted octanol–water partition coefficient (Wildman–Crippen LogP) is 1.17. The summed E-state index contributed by atoms with van der Waals surface area (Å²) in [5, 5.41) is 0. The van der Waals surface area contributed by atoms with Crippen LogP contribution >= 0.6 is 0 Å². The highest BCUT2D eigenvalue weighted by Gasteiger charge is 2.17. The predicted molar refractivity (Wildman–Crippen MR) is 57.6 cm³/mol. The third-order valence-electron chi connectivity index (χ3n) is 1.78. The van der Waals surface area contributed by atoms with E-state index >= 15 is 0 Å². The number of hydrogen-bond donors (Lipinski definition) is 1. The Morgan fingerprint density at radius 2 is 1.93 bits per heavy atom. The Morgan fingerprint density at radius 1 is 1.40 bits per heavy atom. The van der Waals surface area contributed by atoms with Crippen LogP contribution in [0.25, 0.3) is 0 Å². The van der Waals surface area contributed by atoms with Gasteiger partial charge >= 0.3 is 0 Å². The number of benzene rings is 1. The lowest BCUT2D eigenvalue weighted by molar-refractivity contribution is 0.264. The minimum absolute atomic E-state index is 0.0883. The van der Waals surface area contributed by atoms with Gasteiger partial charge in [0.2, 0.25) is 0 Å². The fourth-order valence-corrected chi connectivity index (χ4v) is 1.90. The first-order valence-corrected chi connectivity index (χ1v) is 5.74. The van der Waals surface area contributed by atoms with Crippen molar-refractivity contribution in [3.8, 4) is 0 Å². The smallest absolute Gasteiger partial charge is 0.298 e. The zero-order chi connectivity index (χ0) is 11.5. The number of hydrogen-bond acceptors (Lipinski definition) is 4. The summed E-state index contributed by atoms with van der Waals surface area (Å²) >= 11 is 0. The maximum Gasteiger partial charge on any atom is 0.298 e. The van der Waals surface area contributed by atoms with Crippen molar-refractivity contribution in [3.05, 3.63) is 42.5 Å². The molecular weight excluding hydrogens is 214 g/mol. The van der Waals surface area contributed by atoms with Crippen molar-refractivity contribution in [1.29, 1.82) is 0 Å². The Hall–Kier alpha value is -1.17. The lowest BCUT2D eigenvalue weighted by Crippen LogP contribution is -2.24. The van der Waals surface area contributed by atoms with Gasteiger partial charge in [-0.1, -0.05) is 24.3 Å². The molecule has 0 aliphatic rings. The minimum Gasteiger partial charge on any atom is -0.302 e. The average Bonchev–Trinajstić information content (AvgIpc) is 2.17. The lowest BCUT2D eigenvalue weighted by Gasteiger charge is -2.08. The van der Waals surface area contributed by atoms with Gasteiger partial charge in [-0.15, -0.1) is 0 Å². The second-order valence-corrected chi connectivity index (χ2v) is 4.64. The van der Waals surface area contributed by atoms with Crippen LogP contribution < -0.4 is 5.73 Å². The second-order valence-electron chi connectivity index (χ2n) is 3.06. The van der Waals surface area contributed by atoms with Crippen molar-refractivity contribution in [3.63, 3.8) is 0 Å². The third-order valence-corrected chi connectivity index (χ3v) is 3.10. The highest BCUT2D eigenvalue weighted by Crippen LogP contribution is 2.13. The molecule has 0 aliphatic heterocycles. The summed E-state index contributed by atoms with van der Waals surface area (Å²) in [4.78, 5) is 0.0883. The van der Waals surface area contributed by atoms with Crippen LogP contribution in [0.4, 0.5) is 0 Å². The summed E-state index contributed by atoms with van der Waals surface area (Å²) in [6.45, 7) is 5.21. The molecule has 0 aromatic heterocycles. The van der Waals surface area contributed by atoms with Gasteiger partial charge in [0.15, 0.2) is 0 Å². The van der Waals surface area contributed by atoms with Crippen LogP contribution in [-0.4, -0.2) is 14.6 Å². The Balaban J connectivity index is 2.96. The molecule has 5 heteroatoms. The quantitative estimate of drug-likeness (QED) is 0.476. The number of nitrogens with two attached hydrogens (primary N) is 1. The van der Waals surface area contributed by atoms with Crippen molar-refractivity contribution in [2.75, 3.05) is 0 Å². The molecule has 1 unspecified atom stereocenters. The van der Waals surface area contributed by atoms with Gasteiger partial charge in [-0.3, -0.25) is 0 Å². The van der Waals surface area contributed by atoms with Crippen molar-refractivity contribution < 1.29 is 12.6 Å². The van der Waals surface area contributed by atoms with Crippen molar-refractivity contribution in [2.24, 2.45) is 5.73 Å². The Kier molecular flexibility index (Phi) is 3.62. The van der Waals surface area contributed by atoms with E-state index in [1.807, 2.05) is 6.92 Å². The SMILES string of the molecule is C=CC(N)OS(=O)(=O)c1ccc(C)cc1. The van der Waals surface area contributed by atoms with Gasteiger partial charge in [-0.05, 0) is 25.1 Å². The van der Waals surface area contributed by atoms with Crippen LogP contribution in [0.5, 0.6) is 0 Å². The van der Waals surface area contributed by atoms with Crippen LogP contribution in [0.15, 0.2) is 41.8 Å². The van der Waals surface area contributed by atoms with Crippen LogP contribution in [0.2, 0.25) is 0 Å². The first-order valence-electron chi connectivity index (χ1n) is 4.34. The van der Waals surface area contributed by atoms with Gasteiger partial charge < -0.3 is 5.73 Å². The molecule has 0 bridgehead atoms. The fraction of sp³-hybridized carbons (Fsp3) is 0.200. The molecule has 82 valence electrons. The molecule has 0 amide bonds. The molecule has 0 spiro atoms. The van der Waals surface area contributed by atoms with Crippen LogP contribution in [0.3, 0.4) is 0 Å². The van der Waals surface area contributed by atoms with E-state index in [2.05, 4.69) is 10.8 Å². The Bertz CT molecular complexity index is 436. The van der Waals surface area contributed by atoms with Gasteiger partial charge in [0.25, 0.3) is 10.1 Å². The molecule has 0 heterocycles. The molecule has 0 aliphatic carbocycles. The molecule has 0 fully saturated rings.